The molecule has 13 heavy (non-hydrogen) atoms. The van der Waals surface area contributed by atoms with Crippen molar-refractivity contribution in [3.05, 3.63) is 0 Å². The summed E-state index contributed by atoms with van der Waals surface area (Å²) in [5.41, 5.74) is 5.30. The molecule has 78 valence electrons. The van der Waals surface area contributed by atoms with E-state index in [2.05, 4.69) is 5.32 Å². The lowest BCUT2D eigenvalue weighted by Gasteiger charge is -2.07. The molecule has 0 heterocycles. The number of amides is 1. The first kappa shape index (κ1) is 14.4. The number of carboxylic acids is 1. The summed E-state index contributed by atoms with van der Waals surface area (Å²) < 4.78 is 0. The molecule has 1 atom stereocenters. The summed E-state index contributed by atoms with van der Waals surface area (Å²) in [6, 6.07) is -0.602. The van der Waals surface area contributed by atoms with Crippen molar-refractivity contribution in [1.82, 2.24) is 5.32 Å². The Morgan fingerprint density at radius 1 is 1.46 bits per heavy atom. The third-order valence-corrected chi connectivity index (χ3v) is 1.19. The number of carboxylic acid groups (broad SMARTS) is 1. The molecular weight excluding hydrogens is 172 g/mol. The summed E-state index contributed by atoms with van der Waals surface area (Å²) in [5.74, 6) is -1.49. The van der Waals surface area contributed by atoms with Crippen LogP contribution in [0.5, 0.6) is 0 Å². The predicted molar refractivity (Wildman–Crippen MR) is 50.3 cm³/mol. The normalized spacial score (nSPS) is 10.8. The van der Waals surface area contributed by atoms with Crippen molar-refractivity contribution >= 4 is 11.9 Å². The molecule has 0 aromatic carbocycles. The molecular formula is C8H18N2O3. The molecule has 0 radical (unpaired) electrons. The van der Waals surface area contributed by atoms with E-state index in [1.165, 1.54) is 0 Å². The Balaban J connectivity index is 0. The smallest absolute Gasteiger partial charge is 0.322 e. The van der Waals surface area contributed by atoms with E-state index < -0.39 is 17.9 Å². The van der Waals surface area contributed by atoms with Crippen molar-refractivity contribution in [2.24, 2.45) is 5.73 Å². The fourth-order valence-electron chi connectivity index (χ4n) is 0.479. The van der Waals surface area contributed by atoms with Crippen LogP contribution in [0.15, 0.2) is 0 Å². The number of aliphatic carboxylic acids is 1. The second-order valence-electron chi connectivity index (χ2n) is 2.13. The molecule has 4 N–H and O–H groups in total. The van der Waals surface area contributed by atoms with Crippen LogP contribution in [0.2, 0.25) is 0 Å². The van der Waals surface area contributed by atoms with Gasteiger partial charge in [0, 0.05) is 0 Å². The number of carbonyl (C=O) groups excluding carboxylic acids is 1. The Hall–Kier alpha value is -1.10. The average Bonchev–Trinajstić information content (AvgIpc) is 2.16. The summed E-state index contributed by atoms with van der Waals surface area (Å²) in [4.78, 5) is 20.7. The van der Waals surface area contributed by atoms with Gasteiger partial charge in [-0.05, 0) is 6.42 Å². The van der Waals surface area contributed by atoms with E-state index in [4.69, 9.17) is 10.8 Å². The van der Waals surface area contributed by atoms with Crippen molar-refractivity contribution in [2.45, 2.75) is 33.2 Å². The summed E-state index contributed by atoms with van der Waals surface area (Å²) in [5, 5.41) is 10.3. The topological polar surface area (TPSA) is 92.4 Å². The standard InChI is InChI=1S/C6H12N2O3.C2H6/c1-2-4(7)6(11)8-3-5(9)10;1-2/h4H,2-3,7H2,1H3,(H,8,11)(H,9,10);1-2H3. The number of nitrogens with one attached hydrogen (secondary N) is 1. The average molecular weight is 190 g/mol. The van der Waals surface area contributed by atoms with E-state index in [1.54, 1.807) is 6.92 Å². The van der Waals surface area contributed by atoms with Gasteiger partial charge in [-0.1, -0.05) is 20.8 Å². The molecule has 1 amide bonds. The number of hydrogen-bond acceptors (Lipinski definition) is 3. The highest BCUT2D eigenvalue weighted by Gasteiger charge is 2.10. The molecule has 5 nitrogen and oxygen atoms in total. The van der Waals surface area contributed by atoms with Crippen molar-refractivity contribution in [2.75, 3.05) is 6.54 Å². The van der Waals surface area contributed by atoms with Gasteiger partial charge in [-0.25, -0.2) is 0 Å². The molecule has 0 spiro atoms. The molecule has 0 rings (SSSR count). The van der Waals surface area contributed by atoms with Gasteiger partial charge in [-0.15, -0.1) is 0 Å². The molecule has 0 aromatic heterocycles. The van der Waals surface area contributed by atoms with E-state index in [1.807, 2.05) is 13.8 Å². The molecule has 5 heteroatoms. The Morgan fingerprint density at radius 3 is 2.23 bits per heavy atom. The number of nitrogens with two attached hydrogens (primary N) is 1. The Kier molecular flexibility index (Phi) is 9.98. The second kappa shape index (κ2) is 8.99. The maximum atomic E-state index is 10.8. The third kappa shape index (κ3) is 8.81. The number of rotatable bonds is 4. The van der Waals surface area contributed by atoms with Crippen LogP contribution in [0.4, 0.5) is 0 Å². The molecule has 0 saturated carbocycles. The van der Waals surface area contributed by atoms with Crippen LogP contribution in [0.25, 0.3) is 0 Å². The lowest BCUT2D eigenvalue weighted by atomic mass is 10.2. The molecule has 0 fully saturated rings. The highest BCUT2D eigenvalue weighted by Crippen LogP contribution is 1.84. The molecule has 0 aromatic rings. The van der Waals surface area contributed by atoms with Crippen LogP contribution in [0.3, 0.4) is 0 Å². The highest BCUT2D eigenvalue weighted by molar-refractivity contribution is 5.84. The van der Waals surface area contributed by atoms with E-state index in [0.717, 1.165) is 0 Å². The van der Waals surface area contributed by atoms with Gasteiger partial charge in [0.25, 0.3) is 0 Å². The number of hydrogen-bond donors (Lipinski definition) is 3. The third-order valence-electron chi connectivity index (χ3n) is 1.19. The largest absolute Gasteiger partial charge is 0.480 e. The minimum atomic E-state index is -1.07. The van der Waals surface area contributed by atoms with E-state index in [9.17, 15) is 9.59 Å². The van der Waals surface area contributed by atoms with Gasteiger partial charge in [0.15, 0.2) is 0 Å². The molecule has 0 aliphatic carbocycles. The minimum absolute atomic E-state index is 0.369. The summed E-state index contributed by atoms with van der Waals surface area (Å²) in [6.45, 7) is 5.39. The van der Waals surface area contributed by atoms with Crippen molar-refractivity contribution in [3.8, 4) is 0 Å². The number of carbonyl (C=O) groups is 2. The van der Waals surface area contributed by atoms with Crippen LogP contribution < -0.4 is 11.1 Å². The van der Waals surface area contributed by atoms with Gasteiger partial charge in [0.05, 0.1) is 6.04 Å². The van der Waals surface area contributed by atoms with Crippen LogP contribution in [-0.2, 0) is 9.59 Å². The predicted octanol–water partition coefficient (Wildman–Crippen LogP) is -0.0493. The second-order valence-corrected chi connectivity index (χ2v) is 2.13. The maximum absolute atomic E-state index is 10.8. The van der Waals surface area contributed by atoms with Crippen LogP contribution in [0.1, 0.15) is 27.2 Å². The van der Waals surface area contributed by atoms with Gasteiger partial charge in [-0.2, -0.15) is 0 Å². The van der Waals surface area contributed by atoms with Gasteiger partial charge < -0.3 is 16.2 Å². The first-order chi connectivity index (χ1) is 6.07. The highest BCUT2D eigenvalue weighted by atomic mass is 16.4. The lowest BCUT2D eigenvalue weighted by molar-refractivity contribution is -0.138. The van der Waals surface area contributed by atoms with E-state index in [0.29, 0.717) is 6.42 Å². The molecule has 0 aliphatic heterocycles. The van der Waals surface area contributed by atoms with E-state index in [-0.39, 0.29) is 6.54 Å². The zero-order valence-corrected chi connectivity index (χ0v) is 8.33. The Labute approximate surface area is 78.3 Å². The monoisotopic (exact) mass is 190 g/mol. The molecule has 1 unspecified atom stereocenters. The SMILES string of the molecule is CC.CCC(N)C(=O)NCC(=O)O. The molecule has 0 saturated heterocycles. The Morgan fingerprint density at radius 2 is 1.92 bits per heavy atom. The molecule has 0 aliphatic rings. The zero-order valence-electron chi connectivity index (χ0n) is 8.33. The van der Waals surface area contributed by atoms with Crippen molar-refractivity contribution in [3.63, 3.8) is 0 Å². The van der Waals surface area contributed by atoms with Crippen molar-refractivity contribution in [1.29, 1.82) is 0 Å². The first-order valence-electron chi connectivity index (χ1n) is 4.33. The van der Waals surface area contributed by atoms with Gasteiger partial charge in [0.2, 0.25) is 5.91 Å². The molecule has 0 bridgehead atoms. The van der Waals surface area contributed by atoms with Crippen molar-refractivity contribution < 1.29 is 14.7 Å². The summed E-state index contributed by atoms with van der Waals surface area (Å²) >= 11 is 0. The van der Waals surface area contributed by atoms with Gasteiger partial charge in [-0.3, -0.25) is 9.59 Å². The van der Waals surface area contributed by atoms with Crippen LogP contribution in [0, 0.1) is 0 Å². The fourth-order valence-corrected chi connectivity index (χ4v) is 0.479. The Bertz CT molecular complexity index is 159. The van der Waals surface area contributed by atoms with Gasteiger partial charge >= 0.3 is 5.97 Å². The minimum Gasteiger partial charge on any atom is -0.480 e. The van der Waals surface area contributed by atoms with E-state index >= 15 is 0 Å². The van der Waals surface area contributed by atoms with Crippen LogP contribution >= 0.6 is 0 Å². The zero-order chi connectivity index (χ0) is 10.9. The van der Waals surface area contributed by atoms with Gasteiger partial charge in [0.1, 0.15) is 6.54 Å². The lowest BCUT2D eigenvalue weighted by Crippen LogP contribution is -2.42. The quantitative estimate of drug-likeness (QED) is 0.579. The van der Waals surface area contributed by atoms with Crippen LogP contribution in [-0.4, -0.2) is 29.6 Å². The first-order valence-corrected chi connectivity index (χ1v) is 4.33. The summed E-state index contributed by atoms with van der Waals surface area (Å²) in [7, 11) is 0. The maximum Gasteiger partial charge on any atom is 0.322 e. The fraction of sp³-hybridized carbons (Fsp3) is 0.750. The summed E-state index contributed by atoms with van der Waals surface area (Å²) in [6.07, 6.45) is 0.505.